The van der Waals surface area contributed by atoms with Crippen molar-refractivity contribution < 1.29 is 133 Å². The number of phenolic OH excluding ortho intramolecular Hbond substituents is 1. The normalized spacial score (nSPS) is 19.6. The summed E-state index contributed by atoms with van der Waals surface area (Å²) in [6, 6.07) is 8.57. The number of halogens is 2. The number of amides is 7. The summed E-state index contributed by atoms with van der Waals surface area (Å²) < 4.78 is 105. The fourth-order valence-electron chi connectivity index (χ4n) is 17.9. The van der Waals surface area contributed by atoms with Crippen molar-refractivity contribution in [3.63, 3.8) is 0 Å². The lowest BCUT2D eigenvalue weighted by molar-refractivity contribution is -0.163. The molecule has 776 valence electrons. The van der Waals surface area contributed by atoms with Gasteiger partial charge in [0.1, 0.15) is 17.9 Å². The summed E-state index contributed by atoms with van der Waals surface area (Å²) in [6.45, 7) is 27.6. The summed E-state index contributed by atoms with van der Waals surface area (Å²) in [7, 11) is 0. The number of nitrogens with two attached hydrogens (primary N) is 1. The number of benzene rings is 2. The molecule has 37 nitrogen and oxygen atoms in total. The number of hydrazone groups is 1. The highest BCUT2D eigenvalue weighted by molar-refractivity contribution is 6.36. The average Bonchev–Trinajstić information content (AvgIpc) is 1.45. The maximum absolute atomic E-state index is 13.3. The Kier molecular flexibility index (Phi) is 63.0. The zero-order valence-corrected chi connectivity index (χ0v) is 83.1. The molecule has 2 aromatic rings. The smallest absolute Gasteiger partial charge is 0.308 e. The number of nitrogens with zero attached hydrogens (tertiary/aromatic N) is 1. The van der Waals surface area contributed by atoms with Gasteiger partial charge in [0.2, 0.25) is 35.4 Å². The number of carbonyl (C=O) groups excluding carboxylic acids is 8. The molecule has 7 amide bonds. The molecule has 0 heterocycles. The second kappa shape index (κ2) is 72.6. The molecule has 0 radical (unpaired) electrons. The second-order valence-corrected chi connectivity index (χ2v) is 36.2. The number of hydrogen-bond acceptors (Lipinski definition) is 30. The van der Waals surface area contributed by atoms with Gasteiger partial charge in [0.05, 0.1) is 261 Å². The largest absolute Gasteiger partial charge is 0.506 e. The average molecular weight is 1970 g/mol. The molecular formula is C97H161Cl2N9O28. The molecular weight excluding hydrogens is 1810 g/mol. The molecule has 4 fully saturated rings. The van der Waals surface area contributed by atoms with Crippen molar-refractivity contribution in [2.75, 3.05) is 276 Å². The third kappa shape index (κ3) is 50.6. The second-order valence-electron chi connectivity index (χ2n) is 35.4. The monoisotopic (exact) mass is 1970 g/mol. The van der Waals surface area contributed by atoms with Crippen LogP contribution < -0.4 is 43.1 Å². The third-order valence-electron chi connectivity index (χ3n) is 25.1. The molecule has 39 heteroatoms. The van der Waals surface area contributed by atoms with Crippen LogP contribution in [0.3, 0.4) is 0 Å². The van der Waals surface area contributed by atoms with Crippen LogP contribution in [0.2, 0.25) is 10.0 Å². The molecule has 10 N–H and O–H groups in total. The number of nitrogens with one attached hydrogen (secondary N) is 7. The highest BCUT2D eigenvalue weighted by atomic mass is 35.5. The van der Waals surface area contributed by atoms with Gasteiger partial charge in [-0.3, -0.25) is 43.8 Å². The zero-order chi connectivity index (χ0) is 97.9. The van der Waals surface area contributed by atoms with E-state index in [9.17, 15) is 43.5 Å². The lowest BCUT2D eigenvalue weighted by Crippen LogP contribution is -2.54. The zero-order valence-electron chi connectivity index (χ0n) is 81.6. The van der Waals surface area contributed by atoms with Crippen molar-refractivity contribution in [3.05, 3.63) is 57.6 Å². The number of anilines is 1. The molecule has 6 rings (SSSR count). The van der Waals surface area contributed by atoms with Crippen molar-refractivity contribution in [1.29, 1.82) is 0 Å². The maximum Gasteiger partial charge on any atom is 0.308 e. The minimum Gasteiger partial charge on any atom is -0.506 e. The van der Waals surface area contributed by atoms with Crippen LogP contribution in [-0.4, -0.2) is 341 Å². The molecule has 0 aromatic heterocycles. The van der Waals surface area contributed by atoms with Crippen LogP contribution in [0.25, 0.3) is 0 Å². The van der Waals surface area contributed by atoms with Crippen LogP contribution in [0.5, 0.6) is 5.75 Å². The van der Waals surface area contributed by atoms with E-state index in [1.54, 1.807) is 37.3 Å². The Bertz CT molecular complexity index is 3670. The van der Waals surface area contributed by atoms with Gasteiger partial charge in [0.15, 0.2) is 0 Å². The topological polar surface area (TPSA) is 455 Å². The molecule has 4 aliphatic rings. The Morgan fingerprint density at radius 3 is 1.21 bits per heavy atom. The van der Waals surface area contributed by atoms with Gasteiger partial charge in [-0.2, -0.15) is 5.10 Å². The number of esters is 1. The summed E-state index contributed by atoms with van der Waals surface area (Å²) in [4.78, 5) is 99.5. The van der Waals surface area contributed by atoms with E-state index in [1.807, 2.05) is 0 Å². The van der Waals surface area contributed by atoms with E-state index in [4.69, 9.17) is 119 Å². The maximum atomic E-state index is 13.3. The minimum atomic E-state index is -1.17. The van der Waals surface area contributed by atoms with Crippen LogP contribution >= 0.6 is 23.2 Å². The summed E-state index contributed by atoms with van der Waals surface area (Å²) >= 11 is 12.1. The fourth-order valence-corrected chi connectivity index (χ4v) is 18.4. The number of primary amides is 1. The molecule has 4 aliphatic carbocycles. The Morgan fingerprint density at radius 1 is 0.441 bits per heavy atom. The SMILES string of the molecule is C/C(=N\Nc1ccc(C(=O)NCCOCCOCCOCCOCCC(=O)NCCOCCOCCOCCC(=O)NCCOCCOCCOCCOCCC(=O)NCCOCCOCCOCCC(=O)NCCOCCOCCOCCOCCC(=O)N[C@@H](CC(=O)O[C@H]2CC[C@@]3(C)[C@@H](CC[C@@H]4[C@@H]3CC[C@]3(C)[C@@H]([C@H](C)CCCC(C)C)CC[C@@H]43)C2)C(N)=O)cc1)c1cc(Cl)cc(Cl)c1O. The number of aromatic hydroxyl groups is 1. The Morgan fingerprint density at radius 2 is 0.809 bits per heavy atom. The van der Waals surface area contributed by atoms with Crippen LogP contribution in [0.15, 0.2) is 41.5 Å². The molecule has 0 aliphatic heterocycles. The fraction of sp³-hybridized carbons (Fsp3) is 0.784. The van der Waals surface area contributed by atoms with Gasteiger partial charge < -0.3 is 133 Å². The minimum absolute atomic E-state index is 0.0172. The van der Waals surface area contributed by atoms with E-state index in [2.05, 4.69) is 77.0 Å². The van der Waals surface area contributed by atoms with E-state index in [1.165, 1.54) is 63.9 Å². The molecule has 4 saturated carbocycles. The number of rotatable bonds is 83. The van der Waals surface area contributed by atoms with E-state index in [-0.39, 0.29) is 130 Å². The molecule has 0 spiro atoms. The van der Waals surface area contributed by atoms with Crippen LogP contribution in [0.4, 0.5) is 5.69 Å². The lowest BCUT2D eigenvalue weighted by atomic mass is 9.44. The predicted octanol–water partition coefficient (Wildman–Crippen LogP) is 8.37. The quantitative estimate of drug-likeness (QED) is 0.0130. The lowest BCUT2D eigenvalue weighted by Gasteiger charge is -2.61. The number of fused-ring (bicyclic) bond motifs is 5. The van der Waals surface area contributed by atoms with Crippen molar-refractivity contribution in [2.45, 2.75) is 169 Å². The van der Waals surface area contributed by atoms with Crippen LogP contribution in [-0.2, 0) is 124 Å². The van der Waals surface area contributed by atoms with Gasteiger partial charge in [0.25, 0.3) is 5.91 Å². The van der Waals surface area contributed by atoms with Crippen molar-refractivity contribution in [2.24, 2.45) is 63.1 Å². The van der Waals surface area contributed by atoms with E-state index in [0.717, 1.165) is 54.8 Å². The van der Waals surface area contributed by atoms with E-state index < -0.39 is 23.8 Å². The van der Waals surface area contributed by atoms with Gasteiger partial charge >= 0.3 is 5.97 Å². The highest BCUT2D eigenvalue weighted by Crippen LogP contribution is 2.68. The Labute approximate surface area is 814 Å². The van der Waals surface area contributed by atoms with Crippen molar-refractivity contribution in [3.8, 4) is 5.75 Å². The number of hydrogen-bond donors (Lipinski definition) is 9. The van der Waals surface area contributed by atoms with E-state index in [0.29, 0.717) is 270 Å². The molecule has 10 atom stereocenters. The first-order valence-corrected chi connectivity index (χ1v) is 49.8. The summed E-state index contributed by atoms with van der Waals surface area (Å²) in [5.41, 5.74) is 11.2. The van der Waals surface area contributed by atoms with E-state index >= 15 is 0 Å². The standard InChI is InChI=1S/C97H161Cl2N9O28/c1-72(2)8-7-9-73(3)82-16-17-83-80-15-12-76-68-79(18-25-96(76,5)84(80)19-26-97(82,83)6)136-92(114)71-86(94(100)116)106-91(113)24-36-122-46-56-132-64-66-134-60-50-126-40-30-104-88(110)21-33-119-43-53-129-57-47-123-37-27-101-89(111)22-34-120-44-54-130-62-65-133-59-49-125-39-29-103-87(109)20-32-118-42-52-128-58-48-124-38-28-102-90(112)23-35-121-45-55-131-63-67-135-61-51-127-41-31-105-95(117)75-10-13-78(14-11-75)108-107-74(4)81-69-77(98)70-85(99)93(81)115/h10-11,13-14,69-70,72-73,76,79-80,82-84,86,108,115H,7-9,12,15-68,71H2,1-6H3,(H2,100,116)(H,101,111)(H,102,112)(H,103,109)(H,104,110)(H,105,117)(H,106,113)/b107-74+/t73-,76+,79+,80+,82-,83+,84+,86+,96+,97-/m1/s1. The van der Waals surface area contributed by atoms with Crippen LogP contribution in [0.1, 0.15) is 173 Å². The molecule has 2 aromatic carbocycles. The summed E-state index contributed by atoms with van der Waals surface area (Å²) in [6.07, 6.45) is 14.9. The first kappa shape index (κ1) is 118. The number of phenols is 1. The first-order chi connectivity index (χ1) is 66.0. The summed E-state index contributed by atoms with van der Waals surface area (Å²) in [5.74, 6) is 2.53. The molecule has 136 heavy (non-hydrogen) atoms. The molecule has 0 bridgehead atoms. The summed E-state index contributed by atoms with van der Waals surface area (Å²) in [5, 5.41) is 31.6. The first-order valence-electron chi connectivity index (χ1n) is 49.1. The van der Waals surface area contributed by atoms with Gasteiger partial charge in [-0.25, -0.2) is 0 Å². The van der Waals surface area contributed by atoms with Gasteiger partial charge in [0, 0.05) is 81.0 Å². The Hall–Kier alpha value is -6.67. The highest BCUT2D eigenvalue weighted by Gasteiger charge is 2.61. The number of carbonyl (C=O) groups is 8. The van der Waals surface area contributed by atoms with Crippen molar-refractivity contribution in [1.82, 2.24) is 31.9 Å². The number of ether oxygens (including phenoxy) is 19. The molecule has 0 saturated heterocycles. The Balaban J connectivity index is 0.564. The predicted molar refractivity (Wildman–Crippen MR) is 511 cm³/mol. The third-order valence-corrected chi connectivity index (χ3v) is 25.6. The molecule has 0 unspecified atom stereocenters. The van der Waals surface area contributed by atoms with Gasteiger partial charge in [-0.1, -0.05) is 77.1 Å². The van der Waals surface area contributed by atoms with Gasteiger partial charge in [-0.15, -0.1) is 0 Å². The van der Waals surface area contributed by atoms with Gasteiger partial charge in [-0.05, 0) is 153 Å². The van der Waals surface area contributed by atoms with Crippen molar-refractivity contribution >= 4 is 81.9 Å². The van der Waals surface area contributed by atoms with Crippen LogP contribution in [0, 0.1) is 52.3 Å².